The Balaban J connectivity index is 1.92. The number of nitrogens with zero attached hydrogens (tertiary/aromatic N) is 1. The summed E-state index contributed by atoms with van der Waals surface area (Å²) in [4.78, 5) is 2.60. The lowest BCUT2D eigenvalue weighted by molar-refractivity contribution is 0.0330. The summed E-state index contributed by atoms with van der Waals surface area (Å²) in [5, 5.41) is 13.6. The molecule has 3 atom stereocenters. The maximum Gasteiger partial charge on any atom is 0.0578 e. The molecule has 0 aromatic rings. The number of hydrogen-bond donors (Lipinski definition) is 2. The maximum atomic E-state index is 10.0. The smallest absolute Gasteiger partial charge is 0.0578 e. The highest BCUT2D eigenvalue weighted by Crippen LogP contribution is 2.32. The SMILES string of the molecule is CCNC1CC(C(O)CC)CN(C2CC2)C1. The summed E-state index contributed by atoms with van der Waals surface area (Å²) in [6, 6.07) is 1.42. The second-order valence-electron chi connectivity index (χ2n) is 5.41. The fraction of sp³-hybridized carbons (Fsp3) is 1.00. The Morgan fingerprint density at radius 2 is 2.06 bits per heavy atom. The normalized spacial score (nSPS) is 33.9. The van der Waals surface area contributed by atoms with E-state index in [0.29, 0.717) is 12.0 Å². The number of aliphatic hydroxyl groups excluding tert-OH is 1. The molecule has 0 aromatic heterocycles. The van der Waals surface area contributed by atoms with Crippen molar-refractivity contribution in [1.82, 2.24) is 10.2 Å². The van der Waals surface area contributed by atoms with Gasteiger partial charge in [0.05, 0.1) is 6.10 Å². The lowest BCUT2D eigenvalue weighted by Gasteiger charge is -2.40. The van der Waals surface area contributed by atoms with E-state index in [1.165, 1.54) is 19.4 Å². The third kappa shape index (κ3) is 2.96. The fourth-order valence-corrected chi connectivity index (χ4v) is 2.96. The van der Waals surface area contributed by atoms with Crippen LogP contribution in [0.1, 0.15) is 39.5 Å². The Morgan fingerprint density at radius 1 is 1.31 bits per heavy atom. The van der Waals surface area contributed by atoms with Crippen molar-refractivity contribution in [3.63, 3.8) is 0 Å². The van der Waals surface area contributed by atoms with Crippen LogP contribution >= 0.6 is 0 Å². The highest BCUT2D eigenvalue weighted by molar-refractivity contribution is 4.93. The molecule has 3 heteroatoms. The van der Waals surface area contributed by atoms with E-state index in [1.54, 1.807) is 0 Å². The minimum atomic E-state index is -0.109. The van der Waals surface area contributed by atoms with Crippen LogP contribution < -0.4 is 5.32 Å². The van der Waals surface area contributed by atoms with Crippen LogP contribution in [0.25, 0.3) is 0 Å². The van der Waals surface area contributed by atoms with Crippen LogP contribution in [0.3, 0.4) is 0 Å². The topological polar surface area (TPSA) is 35.5 Å². The van der Waals surface area contributed by atoms with Gasteiger partial charge in [0.15, 0.2) is 0 Å². The highest BCUT2D eigenvalue weighted by Gasteiger charge is 2.37. The lowest BCUT2D eigenvalue weighted by Crippen LogP contribution is -2.52. The van der Waals surface area contributed by atoms with Crippen molar-refractivity contribution in [2.24, 2.45) is 5.92 Å². The number of likely N-dealkylation sites (N-methyl/N-ethyl adjacent to an activating group) is 1. The summed E-state index contributed by atoms with van der Waals surface area (Å²) in [7, 11) is 0. The summed E-state index contributed by atoms with van der Waals surface area (Å²) >= 11 is 0. The number of piperidine rings is 1. The quantitative estimate of drug-likeness (QED) is 0.740. The minimum absolute atomic E-state index is 0.109. The number of aliphatic hydroxyl groups is 1. The second-order valence-corrected chi connectivity index (χ2v) is 5.41. The van der Waals surface area contributed by atoms with Crippen LogP contribution in [-0.2, 0) is 0 Å². The first-order valence-corrected chi connectivity index (χ1v) is 6.90. The number of hydrogen-bond acceptors (Lipinski definition) is 3. The molecule has 2 N–H and O–H groups in total. The van der Waals surface area contributed by atoms with Crippen molar-refractivity contribution in [2.75, 3.05) is 19.6 Å². The van der Waals surface area contributed by atoms with Crippen molar-refractivity contribution in [3.8, 4) is 0 Å². The van der Waals surface area contributed by atoms with Crippen LogP contribution in [0.4, 0.5) is 0 Å². The van der Waals surface area contributed by atoms with E-state index in [9.17, 15) is 5.11 Å². The molecule has 0 bridgehead atoms. The van der Waals surface area contributed by atoms with E-state index in [1.807, 2.05) is 0 Å². The molecule has 3 unspecified atom stereocenters. The standard InChI is InChI=1S/C13H26N2O/c1-3-13(16)10-7-11(14-4-2)9-15(8-10)12-5-6-12/h10-14,16H,3-9H2,1-2H3. The molecule has 3 nitrogen and oxygen atoms in total. The van der Waals surface area contributed by atoms with Crippen molar-refractivity contribution in [3.05, 3.63) is 0 Å². The van der Waals surface area contributed by atoms with E-state index >= 15 is 0 Å². The molecule has 16 heavy (non-hydrogen) atoms. The van der Waals surface area contributed by atoms with E-state index < -0.39 is 0 Å². The Labute approximate surface area is 99.2 Å². The van der Waals surface area contributed by atoms with Gasteiger partial charge in [0.1, 0.15) is 0 Å². The Morgan fingerprint density at radius 3 is 2.62 bits per heavy atom. The van der Waals surface area contributed by atoms with Gasteiger partial charge in [-0.2, -0.15) is 0 Å². The van der Waals surface area contributed by atoms with Gasteiger partial charge in [-0.05, 0) is 38.1 Å². The van der Waals surface area contributed by atoms with E-state index in [-0.39, 0.29) is 6.10 Å². The summed E-state index contributed by atoms with van der Waals surface area (Å²) in [5.41, 5.74) is 0. The van der Waals surface area contributed by atoms with Crippen LogP contribution in [0, 0.1) is 5.92 Å². The summed E-state index contributed by atoms with van der Waals surface area (Å²) < 4.78 is 0. The molecule has 0 amide bonds. The lowest BCUT2D eigenvalue weighted by atomic mass is 9.88. The minimum Gasteiger partial charge on any atom is -0.393 e. The number of rotatable bonds is 5. The zero-order chi connectivity index (χ0) is 11.5. The maximum absolute atomic E-state index is 10.0. The first kappa shape index (κ1) is 12.3. The van der Waals surface area contributed by atoms with Gasteiger partial charge >= 0.3 is 0 Å². The molecule has 2 fully saturated rings. The average molecular weight is 226 g/mol. The van der Waals surface area contributed by atoms with Crippen LogP contribution in [0.15, 0.2) is 0 Å². The van der Waals surface area contributed by atoms with E-state index in [0.717, 1.165) is 32.0 Å². The molecular weight excluding hydrogens is 200 g/mol. The van der Waals surface area contributed by atoms with Gasteiger partial charge in [-0.25, -0.2) is 0 Å². The van der Waals surface area contributed by atoms with Gasteiger partial charge in [0, 0.05) is 25.2 Å². The molecule has 1 saturated heterocycles. The predicted molar refractivity (Wildman–Crippen MR) is 66.5 cm³/mol. The number of nitrogens with one attached hydrogen (secondary N) is 1. The second kappa shape index (κ2) is 5.48. The molecule has 1 aliphatic carbocycles. The van der Waals surface area contributed by atoms with Gasteiger partial charge in [-0.15, -0.1) is 0 Å². The molecule has 0 radical (unpaired) electrons. The Bertz CT molecular complexity index is 218. The third-order valence-electron chi connectivity index (χ3n) is 4.03. The van der Waals surface area contributed by atoms with Crippen molar-refractivity contribution >= 4 is 0 Å². The largest absolute Gasteiger partial charge is 0.393 e. The van der Waals surface area contributed by atoms with Crippen LogP contribution in [0.5, 0.6) is 0 Å². The van der Waals surface area contributed by atoms with Gasteiger partial charge in [0.25, 0.3) is 0 Å². The Kier molecular flexibility index (Phi) is 4.22. The van der Waals surface area contributed by atoms with Crippen molar-refractivity contribution in [1.29, 1.82) is 0 Å². The molecule has 0 spiro atoms. The highest BCUT2D eigenvalue weighted by atomic mass is 16.3. The first-order chi connectivity index (χ1) is 7.74. The van der Waals surface area contributed by atoms with E-state index in [4.69, 9.17) is 0 Å². The zero-order valence-electron chi connectivity index (χ0n) is 10.7. The third-order valence-corrected chi connectivity index (χ3v) is 4.03. The first-order valence-electron chi connectivity index (χ1n) is 6.90. The fourth-order valence-electron chi connectivity index (χ4n) is 2.96. The summed E-state index contributed by atoms with van der Waals surface area (Å²) in [6.45, 7) is 7.59. The molecule has 0 aromatic carbocycles. The monoisotopic (exact) mass is 226 g/mol. The molecule has 1 aliphatic heterocycles. The summed E-state index contributed by atoms with van der Waals surface area (Å²) in [6.07, 6.45) is 4.66. The molecule has 94 valence electrons. The van der Waals surface area contributed by atoms with Crippen molar-refractivity contribution in [2.45, 2.75) is 57.7 Å². The van der Waals surface area contributed by atoms with Gasteiger partial charge in [-0.1, -0.05) is 13.8 Å². The van der Waals surface area contributed by atoms with E-state index in [2.05, 4.69) is 24.1 Å². The van der Waals surface area contributed by atoms with Crippen LogP contribution in [-0.4, -0.2) is 47.8 Å². The molecular formula is C13H26N2O. The zero-order valence-corrected chi connectivity index (χ0v) is 10.7. The molecule has 2 aliphatic rings. The van der Waals surface area contributed by atoms with Crippen LogP contribution in [0.2, 0.25) is 0 Å². The number of likely N-dealkylation sites (tertiary alicyclic amines) is 1. The summed E-state index contributed by atoms with van der Waals surface area (Å²) in [5.74, 6) is 0.475. The van der Waals surface area contributed by atoms with Gasteiger partial charge < -0.3 is 10.4 Å². The average Bonchev–Trinajstić information content (AvgIpc) is 3.12. The predicted octanol–water partition coefficient (Wildman–Crippen LogP) is 1.22. The van der Waals surface area contributed by atoms with Gasteiger partial charge in [0.2, 0.25) is 0 Å². The molecule has 2 rings (SSSR count). The van der Waals surface area contributed by atoms with Crippen molar-refractivity contribution < 1.29 is 5.11 Å². The molecule has 1 saturated carbocycles. The Hall–Kier alpha value is -0.120. The molecule has 1 heterocycles. The van der Waals surface area contributed by atoms with Gasteiger partial charge in [-0.3, -0.25) is 4.90 Å².